The summed E-state index contributed by atoms with van der Waals surface area (Å²) in [5.41, 5.74) is 3.96. The van der Waals surface area contributed by atoms with Crippen LogP contribution in [-0.4, -0.2) is 65.9 Å². The molecule has 3 aromatic rings. The molecule has 6 rings (SSSR count). The summed E-state index contributed by atoms with van der Waals surface area (Å²) in [7, 11) is 0. The number of carbonyl (C=O) groups excluding carboxylic acids is 1. The van der Waals surface area contributed by atoms with Gasteiger partial charge in [-0.1, -0.05) is 66.2 Å². The standard InChI is InChI=1S/C29H29ClN4O3/c30-24-9-5-4-8-23(24)25-17-26(22-10-11-27-28(16-22)37-20-36-27)34(31-25)29(35)19-33-14-12-32(13-15-33)18-21-6-2-1-3-7-21/h1-11,16,26H,12-15,17-20H2/t26-/m0/s1. The Bertz CT molecular complexity index is 1310. The molecule has 190 valence electrons. The van der Waals surface area contributed by atoms with E-state index in [0.29, 0.717) is 23.7 Å². The van der Waals surface area contributed by atoms with E-state index in [2.05, 4.69) is 34.1 Å². The van der Waals surface area contributed by atoms with Crippen molar-refractivity contribution in [2.24, 2.45) is 5.10 Å². The maximum absolute atomic E-state index is 13.6. The Kier molecular flexibility index (Phi) is 6.83. The van der Waals surface area contributed by atoms with Gasteiger partial charge in [0, 0.05) is 49.7 Å². The molecule has 0 aliphatic carbocycles. The topological polar surface area (TPSA) is 57.6 Å². The van der Waals surface area contributed by atoms with Crippen molar-refractivity contribution in [3.63, 3.8) is 0 Å². The lowest BCUT2D eigenvalue weighted by Gasteiger charge is -2.35. The highest BCUT2D eigenvalue weighted by molar-refractivity contribution is 6.34. The van der Waals surface area contributed by atoms with Crippen molar-refractivity contribution >= 4 is 23.2 Å². The molecule has 0 N–H and O–H groups in total. The number of amides is 1. The molecule has 3 heterocycles. The number of hydrazone groups is 1. The second-order valence-electron chi connectivity index (χ2n) is 9.64. The van der Waals surface area contributed by atoms with Crippen LogP contribution in [0.4, 0.5) is 0 Å². The fourth-order valence-electron chi connectivity index (χ4n) is 5.19. The second-order valence-corrected chi connectivity index (χ2v) is 10.0. The maximum Gasteiger partial charge on any atom is 0.257 e. The summed E-state index contributed by atoms with van der Waals surface area (Å²) in [6, 6.07) is 23.8. The zero-order valence-corrected chi connectivity index (χ0v) is 21.3. The first-order chi connectivity index (χ1) is 18.1. The molecule has 0 radical (unpaired) electrons. The number of hydrogen-bond donors (Lipinski definition) is 0. The number of rotatable bonds is 6. The van der Waals surface area contributed by atoms with E-state index in [1.54, 1.807) is 5.01 Å². The van der Waals surface area contributed by atoms with Crippen molar-refractivity contribution in [1.29, 1.82) is 0 Å². The lowest BCUT2D eigenvalue weighted by atomic mass is 9.98. The van der Waals surface area contributed by atoms with Gasteiger partial charge in [0.1, 0.15) is 0 Å². The van der Waals surface area contributed by atoms with Crippen molar-refractivity contribution in [3.05, 3.63) is 94.5 Å². The molecule has 1 amide bonds. The molecule has 1 fully saturated rings. The highest BCUT2D eigenvalue weighted by Gasteiger charge is 2.35. The molecule has 3 aromatic carbocycles. The lowest BCUT2D eigenvalue weighted by Crippen LogP contribution is -2.49. The summed E-state index contributed by atoms with van der Waals surface area (Å²) in [6.07, 6.45) is 0.583. The number of nitrogens with zero attached hydrogens (tertiary/aromatic N) is 4. The molecule has 0 bridgehead atoms. The third-order valence-corrected chi connectivity index (χ3v) is 7.53. The molecule has 37 heavy (non-hydrogen) atoms. The van der Waals surface area contributed by atoms with Crippen LogP contribution >= 0.6 is 11.6 Å². The Morgan fingerprint density at radius 2 is 1.62 bits per heavy atom. The molecule has 0 spiro atoms. The molecule has 1 saturated heterocycles. The van der Waals surface area contributed by atoms with Crippen LogP contribution in [0.1, 0.15) is 29.2 Å². The van der Waals surface area contributed by atoms with Crippen LogP contribution in [0.15, 0.2) is 77.9 Å². The zero-order chi connectivity index (χ0) is 25.2. The molecular formula is C29H29ClN4O3. The number of benzene rings is 3. The Morgan fingerprint density at radius 1 is 0.892 bits per heavy atom. The van der Waals surface area contributed by atoms with E-state index >= 15 is 0 Å². The van der Waals surface area contributed by atoms with Crippen molar-refractivity contribution in [2.75, 3.05) is 39.5 Å². The first kappa shape index (κ1) is 24.0. The SMILES string of the molecule is O=C(CN1CCN(Cc2ccccc2)CC1)N1N=C(c2ccccc2Cl)C[C@H]1c1ccc2c(c1)OCO2. The van der Waals surface area contributed by atoms with Crippen LogP contribution in [-0.2, 0) is 11.3 Å². The van der Waals surface area contributed by atoms with Crippen molar-refractivity contribution < 1.29 is 14.3 Å². The minimum absolute atomic E-state index is 0.0128. The molecular weight excluding hydrogens is 488 g/mol. The quantitative estimate of drug-likeness (QED) is 0.480. The van der Waals surface area contributed by atoms with Crippen LogP contribution in [0.25, 0.3) is 0 Å². The van der Waals surface area contributed by atoms with E-state index in [1.807, 2.05) is 48.5 Å². The van der Waals surface area contributed by atoms with Gasteiger partial charge in [0.15, 0.2) is 11.5 Å². The largest absolute Gasteiger partial charge is 0.454 e. The Hall–Kier alpha value is -3.39. The van der Waals surface area contributed by atoms with E-state index in [4.69, 9.17) is 26.2 Å². The van der Waals surface area contributed by atoms with Crippen molar-refractivity contribution in [2.45, 2.75) is 19.0 Å². The molecule has 0 saturated carbocycles. The third kappa shape index (κ3) is 5.21. The molecule has 1 atom stereocenters. The second kappa shape index (κ2) is 10.5. The smallest absolute Gasteiger partial charge is 0.257 e. The van der Waals surface area contributed by atoms with Crippen LogP contribution in [0, 0.1) is 0 Å². The monoisotopic (exact) mass is 516 g/mol. The fraction of sp³-hybridized carbons (Fsp3) is 0.310. The van der Waals surface area contributed by atoms with Crippen molar-refractivity contribution in [1.82, 2.24) is 14.8 Å². The van der Waals surface area contributed by atoms with E-state index < -0.39 is 0 Å². The summed E-state index contributed by atoms with van der Waals surface area (Å²) in [5.74, 6) is 1.41. The zero-order valence-electron chi connectivity index (χ0n) is 20.6. The number of ether oxygens (including phenoxy) is 2. The van der Waals surface area contributed by atoms with Gasteiger partial charge in [-0.2, -0.15) is 5.10 Å². The highest BCUT2D eigenvalue weighted by atomic mass is 35.5. The fourth-order valence-corrected chi connectivity index (χ4v) is 5.43. The van der Waals surface area contributed by atoms with E-state index in [9.17, 15) is 4.79 Å². The summed E-state index contributed by atoms with van der Waals surface area (Å²) < 4.78 is 11.1. The highest BCUT2D eigenvalue weighted by Crippen LogP contribution is 2.39. The van der Waals surface area contributed by atoms with E-state index in [-0.39, 0.29) is 18.7 Å². The third-order valence-electron chi connectivity index (χ3n) is 7.20. The predicted molar refractivity (Wildman–Crippen MR) is 143 cm³/mol. The van der Waals surface area contributed by atoms with Gasteiger partial charge in [0.05, 0.1) is 18.3 Å². The Balaban J connectivity index is 1.17. The van der Waals surface area contributed by atoms with Gasteiger partial charge in [0.2, 0.25) is 6.79 Å². The average molecular weight is 517 g/mol. The maximum atomic E-state index is 13.6. The lowest BCUT2D eigenvalue weighted by molar-refractivity contribution is -0.134. The minimum atomic E-state index is -0.229. The van der Waals surface area contributed by atoms with Crippen LogP contribution in [0.5, 0.6) is 11.5 Å². The molecule has 8 heteroatoms. The average Bonchev–Trinajstić information content (AvgIpc) is 3.58. The Labute approximate surface area is 221 Å². The minimum Gasteiger partial charge on any atom is -0.454 e. The Morgan fingerprint density at radius 3 is 2.43 bits per heavy atom. The van der Waals surface area contributed by atoms with E-state index in [0.717, 1.165) is 55.3 Å². The molecule has 3 aliphatic heterocycles. The van der Waals surface area contributed by atoms with Crippen LogP contribution in [0.3, 0.4) is 0 Å². The molecule has 3 aliphatic rings. The van der Waals surface area contributed by atoms with Gasteiger partial charge in [-0.25, -0.2) is 5.01 Å². The van der Waals surface area contributed by atoms with Crippen LogP contribution in [0.2, 0.25) is 5.02 Å². The molecule has 7 nitrogen and oxygen atoms in total. The normalized spacial score (nSPS) is 19.8. The first-order valence-corrected chi connectivity index (χ1v) is 13.0. The molecule has 0 unspecified atom stereocenters. The number of halogens is 1. The number of fused-ring (bicyclic) bond motifs is 1. The van der Waals surface area contributed by atoms with Gasteiger partial charge >= 0.3 is 0 Å². The van der Waals surface area contributed by atoms with Gasteiger partial charge in [-0.15, -0.1) is 0 Å². The van der Waals surface area contributed by atoms with Gasteiger partial charge < -0.3 is 9.47 Å². The van der Waals surface area contributed by atoms with Crippen LogP contribution < -0.4 is 9.47 Å². The first-order valence-electron chi connectivity index (χ1n) is 12.7. The van der Waals surface area contributed by atoms with Gasteiger partial charge in [-0.05, 0) is 29.3 Å². The summed E-state index contributed by atoms with van der Waals surface area (Å²) in [4.78, 5) is 18.3. The number of hydrogen-bond acceptors (Lipinski definition) is 6. The number of piperazine rings is 1. The van der Waals surface area contributed by atoms with Crippen molar-refractivity contribution in [3.8, 4) is 11.5 Å². The summed E-state index contributed by atoms with van der Waals surface area (Å²) in [5, 5.41) is 7.09. The molecule has 0 aromatic heterocycles. The number of carbonyl (C=O) groups is 1. The predicted octanol–water partition coefficient (Wildman–Crippen LogP) is 4.56. The van der Waals surface area contributed by atoms with E-state index in [1.165, 1.54) is 5.56 Å². The summed E-state index contributed by atoms with van der Waals surface area (Å²) >= 11 is 6.50. The summed E-state index contributed by atoms with van der Waals surface area (Å²) in [6.45, 7) is 5.05. The van der Waals surface area contributed by atoms with Gasteiger partial charge in [-0.3, -0.25) is 14.6 Å². The van der Waals surface area contributed by atoms with Gasteiger partial charge in [0.25, 0.3) is 5.91 Å².